The van der Waals surface area contributed by atoms with E-state index in [-0.39, 0.29) is 5.91 Å². The fourth-order valence-corrected chi connectivity index (χ4v) is 3.27. The van der Waals surface area contributed by atoms with Crippen molar-refractivity contribution in [2.24, 2.45) is 0 Å². The number of amides is 1. The molecule has 3 rings (SSSR count). The maximum atomic E-state index is 12.4. The Morgan fingerprint density at radius 1 is 1.24 bits per heavy atom. The standard InChI is InChI=1S/C18H19N5OS/c1-11-16(25-12(2)22-11)18(24)23-14-6-3-5-13(9-14)10-21-15-7-4-8-20-17(15)19/h3-9,21H,10H2,1-2H3,(H2,19,20)(H,23,24). The molecule has 1 aromatic carbocycles. The van der Waals surface area contributed by atoms with Crippen molar-refractivity contribution in [3.63, 3.8) is 0 Å². The highest BCUT2D eigenvalue weighted by atomic mass is 32.1. The third-order valence-electron chi connectivity index (χ3n) is 3.62. The predicted molar refractivity (Wildman–Crippen MR) is 102 cm³/mol. The lowest BCUT2D eigenvalue weighted by Gasteiger charge is -2.10. The third kappa shape index (κ3) is 4.13. The van der Waals surface area contributed by atoms with E-state index in [9.17, 15) is 4.79 Å². The van der Waals surface area contributed by atoms with Gasteiger partial charge in [0.1, 0.15) is 10.7 Å². The van der Waals surface area contributed by atoms with Crippen LogP contribution in [0.25, 0.3) is 0 Å². The number of benzene rings is 1. The van der Waals surface area contributed by atoms with Gasteiger partial charge in [-0.25, -0.2) is 9.97 Å². The molecule has 2 aromatic heterocycles. The van der Waals surface area contributed by atoms with Crippen molar-refractivity contribution in [2.75, 3.05) is 16.4 Å². The van der Waals surface area contributed by atoms with Crippen LogP contribution in [-0.4, -0.2) is 15.9 Å². The number of hydrogen-bond acceptors (Lipinski definition) is 6. The second-order valence-corrected chi connectivity index (χ2v) is 6.79. The van der Waals surface area contributed by atoms with Crippen LogP contribution in [0, 0.1) is 13.8 Å². The Kier molecular flexibility index (Phi) is 4.95. The summed E-state index contributed by atoms with van der Waals surface area (Å²) >= 11 is 1.40. The fraction of sp³-hybridized carbons (Fsp3) is 0.167. The summed E-state index contributed by atoms with van der Waals surface area (Å²) in [5.74, 6) is 0.327. The van der Waals surface area contributed by atoms with Crippen LogP contribution in [0.4, 0.5) is 17.2 Å². The molecule has 25 heavy (non-hydrogen) atoms. The van der Waals surface area contributed by atoms with Crippen molar-refractivity contribution in [1.29, 1.82) is 0 Å². The van der Waals surface area contributed by atoms with Crippen LogP contribution in [0.1, 0.15) is 25.9 Å². The molecule has 0 atom stereocenters. The molecule has 0 fully saturated rings. The number of aromatic nitrogens is 2. The van der Waals surface area contributed by atoms with Gasteiger partial charge in [-0.2, -0.15) is 0 Å². The minimum atomic E-state index is -0.135. The van der Waals surface area contributed by atoms with Crippen LogP contribution < -0.4 is 16.4 Å². The van der Waals surface area contributed by atoms with Gasteiger partial charge in [0.2, 0.25) is 0 Å². The van der Waals surface area contributed by atoms with Gasteiger partial charge >= 0.3 is 0 Å². The van der Waals surface area contributed by atoms with Crippen molar-refractivity contribution in [3.8, 4) is 0 Å². The largest absolute Gasteiger partial charge is 0.382 e. The van der Waals surface area contributed by atoms with E-state index in [2.05, 4.69) is 20.6 Å². The average Bonchev–Trinajstić information content (AvgIpc) is 2.93. The van der Waals surface area contributed by atoms with Gasteiger partial charge in [0.15, 0.2) is 0 Å². The molecule has 0 saturated heterocycles. The first-order chi connectivity index (χ1) is 12.0. The first-order valence-electron chi connectivity index (χ1n) is 7.81. The predicted octanol–water partition coefficient (Wildman–Crippen LogP) is 3.60. The molecule has 0 aliphatic rings. The third-order valence-corrected chi connectivity index (χ3v) is 4.69. The van der Waals surface area contributed by atoms with E-state index in [1.807, 2.05) is 50.2 Å². The van der Waals surface area contributed by atoms with Gasteiger partial charge in [-0.15, -0.1) is 11.3 Å². The van der Waals surface area contributed by atoms with Crippen LogP contribution in [0.5, 0.6) is 0 Å². The second kappa shape index (κ2) is 7.31. The van der Waals surface area contributed by atoms with Crippen molar-refractivity contribution in [3.05, 3.63) is 63.7 Å². The van der Waals surface area contributed by atoms with Crippen LogP contribution >= 0.6 is 11.3 Å². The summed E-state index contributed by atoms with van der Waals surface area (Å²) in [6.45, 7) is 4.32. The molecule has 0 saturated carbocycles. The number of nitrogen functional groups attached to an aromatic ring is 1. The van der Waals surface area contributed by atoms with Crippen molar-refractivity contribution < 1.29 is 4.79 Å². The number of anilines is 3. The number of hydrogen-bond donors (Lipinski definition) is 3. The van der Waals surface area contributed by atoms with E-state index in [4.69, 9.17) is 5.73 Å². The van der Waals surface area contributed by atoms with Gasteiger partial charge in [0, 0.05) is 18.4 Å². The summed E-state index contributed by atoms with van der Waals surface area (Å²) in [4.78, 5) is 21.4. The highest BCUT2D eigenvalue weighted by molar-refractivity contribution is 7.13. The Hall–Kier alpha value is -2.93. The molecule has 0 spiro atoms. The van der Waals surface area contributed by atoms with Crippen LogP contribution in [-0.2, 0) is 6.54 Å². The minimum absolute atomic E-state index is 0.135. The normalized spacial score (nSPS) is 10.5. The number of carbonyl (C=O) groups excluding carboxylic acids is 1. The molecule has 0 radical (unpaired) electrons. The fourth-order valence-electron chi connectivity index (χ4n) is 2.45. The highest BCUT2D eigenvalue weighted by Gasteiger charge is 2.14. The molecule has 0 bridgehead atoms. The molecule has 2 heterocycles. The maximum Gasteiger partial charge on any atom is 0.267 e. The number of pyridine rings is 1. The SMILES string of the molecule is Cc1nc(C)c(C(=O)Nc2cccc(CNc3cccnc3N)c2)s1. The Bertz CT molecular complexity index is 906. The van der Waals surface area contributed by atoms with Gasteiger partial charge in [-0.3, -0.25) is 4.79 Å². The first kappa shape index (κ1) is 16.9. The number of nitrogens with two attached hydrogens (primary N) is 1. The smallest absolute Gasteiger partial charge is 0.267 e. The summed E-state index contributed by atoms with van der Waals surface area (Å²) in [6.07, 6.45) is 1.65. The molecule has 128 valence electrons. The molecule has 3 aromatic rings. The zero-order chi connectivity index (χ0) is 17.8. The molecule has 1 amide bonds. The number of rotatable bonds is 5. The maximum absolute atomic E-state index is 12.4. The molecular formula is C18H19N5OS. The van der Waals surface area contributed by atoms with Gasteiger partial charge in [0.05, 0.1) is 16.4 Å². The second-order valence-electron chi connectivity index (χ2n) is 5.59. The summed E-state index contributed by atoms with van der Waals surface area (Å²) in [6, 6.07) is 11.4. The number of carbonyl (C=O) groups is 1. The van der Waals surface area contributed by atoms with Crippen molar-refractivity contribution >= 4 is 34.4 Å². The quantitative estimate of drug-likeness (QED) is 0.652. The van der Waals surface area contributed by atoms with Gasteiger partial charge in [0.25, 0.3) is 5.91 Å². The summed E-state index contributed by atoms with van der Waals surface area (Å²) in [5, 5.41) is 7.06. The Balaban J connectivity index is 1.68. The lowest BCUT2D eigenvalue weighted by molar-refractivity contribution is 0.103. The Morgan fingerprint density at radius 2 is 2.08 bits per heavy atom. The molecular weight excluding hydrogens is 334 g/mol. The van der Waals surface area contributed by atoms with E-state index in [0.717, 1.165) is 27.6 Å². The van der Waals surface area contributed by atoms with E-state index in [1.54, 1.807) is 6.20 Å². The van der Waals surface area contributed by atoms with E-state index in [0.29, 0.717) is 17.2 Å². The van der Waals surface area contributed by atoms with Crippen LogP contribution in [0.3, 0.4) is 0 Å². The highest BCUT2D eigenvalue weighted by Crippen LogP contribution is 2.20. The molecule has 0 unspecified atom stereocenters. The topological polar surface area (TPSA) is 92.9 Å². The molecule has 4 N–H and O–H groups in total. The lowest BCUT2D eigenvalue weighted by atomic mass is 10.2. The van der Waals surface area contributed by atoms with Crippen molar-refractivity contribution in [1.82, 2.24) is 9.97 Å². The van der Waals surface area contributed by atoms with Gasteiger partial charge in [-0.05, 0) is 43.7 Å². The molecule has 0 aliphatic heterocycles. The number of aryl methyl sites for hydroxylation is 2. The lowest BCUT2D eigenvalue weighted by Crippen LogP contribution is -2.12. The van der Waals surface area contributed by atoms with Crippen LogP contribution in [0.2, 0.25) is 0 Å². The first-order valence-corrected chi connectivity index (χ1v) is 8.63. The monoisotopic (exact) mass is 353 g/mol. The van der Waals surface area contributed by atoms with E-state index < -0.39 is 0 Å². The van der Waals surface area contributed by atoms with E-state index >= 15 is 0 Å². The summed E-state index contributed by atoms with van der Waals surface area (Å²) in [7, 11) is 0. The minimum Gasteiger partial charge on any atom is -0.382 e. The van der Waals surface area contributed by atoms with Gasteiger partial charge in [-0.1, -0.05) is 12.1 Å². The zero-order valence-corrected chi connectivity index (χ0v) is 14.9. The zero-order valence-electron chi connectivity index (χ0n) is 14.0. The Labute approximate surface area is 150 Å². The average molecular weight is 353 g/mol. The van der Waals surface area contributed by atoms with Crippen molar-refractivity contribution in [2.45, 2.75) is 20.4 Å². The Morgan fingerprint density at radius 3 is 2.80 bits per heavy atom. The van der Waals surface area contributed by atoms with Crippen LogP contribution in [0.15, 0.2) is 42.6 Å². The summed E-state index contributed by atoms with van der Waals surface area (Å²) in [5.41, 5.74) is 9.14. The number of nitrogens with zero attached hydrogens (tertiary/aromatic N) is 2. The molecule has 6 nitrogen and oxygen atoms in total. The van der Waals surface area contributed by atoms with E-state index in [1.165, 1.54) is 11.3 Å². The molecule has 7 heteroatoms. The number of nitrogens with one attached hydrogen (secondary N) is 2. The van der Waals surface area contributed by atoms with Gasteiger partial charge < -0.3 is 16.4 Å². The molecule has 0 aliphatic carbocycles. The summed E-state index contributed by atoms with van der Waals surface area (Å²) < 4.78 is 0. The number of thiazole rings is 1.